The first kappa shape index (κ1) is 17.3. The third kappa shape index (κ3) is 4.02. The third-order valence-electron chi connectivity index (χ3n) is 4.28. The van der Waals surface area contributed by atoms with E-state index in [1.54, 1.807) is 0 Å². The molecule has 1 heterocycles. The van der Waals surface area contributed by atoms with E-state index < -0.39 is 0 Å². The number of hydrogen-bond donors (Lipinski definition) is 2. The van der Waals surface area contributed by atoms with E-state index in [-0.39, 0.29) is 18.0 Å². The van der Waals surface area contributed by atoms with Gasteiger partial charge >= 0.3 is 0 Å². The molecule has 0 saturated heterocycles. The Hall–Kier alpha value is -2.07. The molecular formula is C19H27N3O. The number of hydrogen-bond acceptors (Lipinski definition) is 2. The molecule has 2 unspecified atom stereocenters. The highest BCUT2D eigenvalue weighted by atomic mass is 16.1. The van der Waals surface area contributed by atoms with Crippen LogP contribution in [0.5, 0.6) is 0 Å². The Labute approximate surface area is 138 Å². The second-order valence-electron chi connectivity index (χ2n) is 6.26. The van der Waals surface area contributed by atoms with Crippen molar-refractivity contribution in [1.29, 1.82) is 0 Å². The van der Waals surface area contributed by atoms with Gasteiger partial charge in [-0.3, -0.25) is 4.79 Å². The Kier molecular flexibility index (Phi) is 5.61. The fourth-order valence-corrected chi connectivity index (χ4v) is 2.99. The number of nitrogens with one attached hydrogen (secondary N) is 1. The molecule has 1 amide bonds. The number of nitrogens with two attached hydrogens (primary N) is 1. The van der Waals surface area contributed by atoms with Gasteiger partial charge in [-0.05, 0) is 45.7 Å². The largest absolute Gasteiger partial charge is 0.352 e. The van der Waals surface area contributed by atoms with Crippen molar-refractivity contribution in [3.05, 3.63) is 58.9 Å². The lowest BCUT2D eigenvalue weighted by Gasteiger charge is -2.19. The Bertz CT molecular complexity index is 659. The standard InChI is InChI=1S/C19H27N3O/c1-13(20)10-11-21-19(23)18-12-14(2)22(16(18)4)15(3)17-8-6-5-7-9-17/h5-9,12-13,15H,10-11,20H2,1-4H3,(H,21,23). The number of carbonyl (C=O) groups excluding carboxylic acids is 1. The number of benzene rings is 1. The van der Waals surface area contributed by atoms with Crippen LogP contribution in [0.4, 0.5) is 0 Å². The predicted octanol–water partition coefficient (Wildman–Crippen LogP) is 3.18. The Balaban J connectivity index is 2.21. The minimum absolute atomic E-state index is 0.0229. The molecule has 4 nitrogen and oxygen atoms in total. The first-order valence-electron chi connectivity index (χ1n) is 8.19. The summed E-state index contributed by atoms with van der Waals surface area (Å²) in [4.78, 5) is 12.4. The normalized spacial score (nSPS) is 13.6. The van der Waals surface area contributed by atoms with Gasteiger partial charge in [-0.1, -0.05) is 30.3 Å². The number of nitrogens with zero attached hydrogens (tertiary/aromatic N) is 1. The molecule has 0 radical (unpaired) electrons. The maximum atomic E-state index is 12.4. The molecule has 1 aromatic heterocycles. The van der Waals surface area contributed by atoms with E-state index >= 15 is 0 Å². The molecule has 0 bridgehead atoms. The van der Waals surface area contributed by atoms with Crippen LogP contribution in [0.1, 0.15) is 53.6 Å². The zero-order valence-electron chi connectivity index (χ0n) is 14.5. The summed E-state index contributed by atoms with van der Waals surface area (Å²) in [5, 5.41) is 2.96. The van der Waals surface area contributed by atoms with Crippen molar-refractivity contribution in [2.75, 3.05) is 6.54 Å². The summed E-state index contributed by atoms with van der Waals surface area (Å²) in [6.07, 6.45) is 0.783. The number of carbonyl (C=O) groups is 1. The van der Waals surface area contributed by atoms with E-state index in [4.69, 9.17) is 5.73 Å². The molecule has 1 aromatic carbocycles. The summed E-state index contributed by atoms with van der Waals surface area (Å²) in [6.45, 7) is 8.76. The first-order chi connectivity index (χ1) is 10.9. The van der Waals surface area contributed by atoms with Crippen molar-refractivity contribution in [2.24, 2.45) is 5.73 Å². The van der Waals surface area contributed by atoms with E-state index in [1.165, 1.54) is 5.56 Å². The van der Waals surface area contributed by atoms with Gasteiger partial charge in [-0.2, -0.15) is 0 Å². The van der Waals surface area contributed by atoms with Crippen LogP contribution in [-0.4, -0.2) is 23.1 Å². The van der Waals surface area contributed by atoms with Crippen molar-refractivity contribution in [3.8, 4) is 0 Å². The van der Waals surface area contributed by atoms with E-state index in [0.717, 1.165) is 23.4 Å². The van der Waals surface area contributed by atoms with E-state index in [0.29, 0.717) is 6.54 Å². The smallest absolute Gasteiger partial charge is 0.253 e. The van der Waals surface area contributed by atoms with E-state index in [2.05, 4.69) is 28.9 Å². The van der Waals surface area contributed by atoms with Gasteiger partial charge in [0.15, 0.2) is 0 Å². The van der Waals surface area contributed by atoms with Gasteiger partial charge in [-0.15, -0.1) is 0 Å². The molecular weight excluding hydrogens is 286 g/mol. The van der Waals surface area contributed by atoms with Crippen molar-refractivity contribution in [2.45, 2.75) is 46.2 Å². The third-order valence-corrected chi connectivity index (χ3v) is 4.28. The van der Waals surface area contributed by atoms with Crippen molar-refractivity contribution < 1.29 is 4.79 Å². The topological polar surface area (TPSA) is 60.1 Å². The Morgan fingerprint density at radius 2 is 1.87 bits per heavy atom. The highest BCUT2D eigenvalue weighted by Gasteiger charge is 2.19. The van der Waals surface area contributed by atoms with E-state index in [1.807, 2.05) is 45.0 Å². The number of amides is 1. The molecule has 2 aromatic rings. The second-order valence-corrected chi connectivity index (χ2v) is 6.26. The molecule has 0 aliphatic rings. The fraction of sp³-hybridized carbons (Fsp3) is 0.421. The Morgan fingerprint density at radius 3 is 2.48 bits per heavy atom. The molecule has 2 rings (SSSR count). The van der Waals surface area contributed by atoms with Crippen LogP contribution in [0.2, 0.25) is 0 Å². The minimum atomic E-state index is -0.0229. The maximum Gasteiger partial charge on any atom is 0.253 e. The first-order valence-corrected chi connectivity index (χ1v) is 8.19. The number of aromatic nitrogens is 1. The van der Waals surface area contributed by atoms with Crippen molar-refractivity contribution in [3.63, 3.8) is 0 Å². The Morgan fingerprint density at radius 1 is 1.22 bits per heavy atom. The van der Waals surface area contributed by atoms with Crippen molar-refractivity contribution in [1.82, 2.24) is 9.88 Å². The molecule has 0 fully saturated rings. The second kappa shape index (κ2) is 7.47. The zero-order chi connectivity index (χ0) is 17.0. The quantitative estimate of drug-likeness (QED) is 0.860. The summed E-state index contributed by atoms with van der Waals surface area (Å²) in [6, 6.07) is 12.6. The van der Waals surface area contributed by atoms with Crippen LogP contribution in [0, 0.1) is 13.8 Å². The maximum absolute atomic E-state index is 12.4. The molecule has 2 atom stereocenters. The lowest BCUT2D eigenvalue weighted by atomic mass is 10.1. The highest BCUT2D eigenvalue weighted by Crippen LogP contribution is 2.25. The SMILES string of the molecule is Cc1cc(C(=O)NCCC(C)N)c(C)n1C(C)c1ccccc1. The lowest BCUT2D eigenvalue weighted by molar-refractivity contribution is 0.0952. The average Bonchev–Trinajstić information content (AvgIpc) is 2.82. The van der Waals surface area contributed by atoms with Crippen LogP contribution in [-0.2, 0) is 0 Å². The van der Waals surface area contributed by atoms with Crippen molar-refractivity contribution >= 4 is 5.91 Å². The van der Waals surface area contributed by atoms with Gasteiger partial charge in [0.05, 0.1) is 11.6 Å². The fourth-order valence-electron chi connectivity index (χ4n) is 2.99. The molecule has 0 saturated carbocycles. The van der Waals surface area contributed by atoms with Crippen LogP contribution in [0.3, 0.4) is 0 Å². The van der Waals surface area contributed by atoms with Crippen LogP contribution < -0.4 is 11.1 Å². The lowest BCUT2D eigenvalue weighted by Crippen LogP contribution is -2.29. The minimum Gasteiger partial charge on any atom is -0.352 e. The summed E-state index contributed by atoms with van der Waals surface area (Å²) in [7, 11) is 0. The molecule has 124 valence electrons. The highest BCUT2D eigenvalue weighted by molar-refractivity contribution is 5.95. The summed E-state index contributed by atoms with van der Waals surface area (Å²) < 4.78 is 2.22. The summed E-state index contributed by atoms with van der Waals surface area (Å²) in [5.41, 5.74) is 9.80. The molecule has 0 spiro atoms. The summed E-state index contributed by atoms with van der Waals surface area (Å²) in [5.74, 6) is -0.0229. The summed E-state index contributed by atoms with van der Waals surface area (Å²) >= 11 is 0. The van der Waals surface area contributed by atoms with Crippen LogP contribution >= 0.6 is 0 Å². The van der Waals surface area contributed by atoms with Gasteiger partial charge in [0.25, 0.3) is 5.91 Å². The van der Waals surface area contributed by atoms with Gasteiger partial charge in [0.1, 0.15) is 0 Å². The molecule has 3 N–H and O–H groups in total. The monoisotopic (exact) mass is 313 g/mol. The van der Waals surface area contributed by atoms with Gasteiger partial charge in [0, 0.05) is 24.0 Å². The molecule has 23 heavy (non-hydrogen) atoms. The molecule has 0 aliphatic heterocycles. The molecule has 0 aliphatic carbocycles. The van der Waals surface area contributed by atoms with Gasteiger partial charge in [0.2, 0.25) is 0 Å². The predicted molar refractivity (Wildman–Crippen MR) is 94.8 cm³/mol. The van der Waals surface area contributed by atoms with E-state index in [9.17, 15) is 4.79 Å². The average molecular weight is 313 g/mol. The number of rotatable bonds is 6. The van der Waals surface area contributed by atoms with Gasteiger partial charge < -0.3 is 15.6 Å². The molecule has 4 heteroatoms. The number of aryl methyl sites for hydroxylation is 1. The van der Waals surface area contributed by atoms with Gasteiger partial charge in [-0.25, -0.2) is 0 Å². The van der Waals surface area contributed by atoms with Crippen LogP contribution in [0.15, 0.2) is 36.4 Å². The van der Waals surface area contributed by atoms with Crippen LogP contribution in [0.25, 0.3) is 0 Å². The zero-order valence-corrected chi connectivity index (χ0v) is 14.5.